The van der Waals surface area contributed by atoms with E-state index in [2.05, 4.69) is 14.9 Å². The minimum atomic E-state index is -0.948. The summed E-state index contributed by atoms with van der Waals surface area (Å²) in [5.74, 6) is -2.38. The summed E-state index contributed by atoms with van der Waals surface area (Å²) in [4.78, 5) is 54.0. The van der Waals surface area contributed by atoms with Crippen LogP contribution < -0.4 is 25.5 Å². The minimum Gasteiger partial charge on any atom is -0.473 e. The Balaban J connectivity index is 1.29. The molecule has 0 aromatic carbocycles. The maximum atomic E-state index is 12.4. The first-order valence-electron chi connectivity index (χ1n) is 13.4. The topological polar surface area (TPSA) is 146 Å². The third-order valence-corrected chi connectivity index (χ3v) is 7.40. The summed E-state index contributed by atoms with van der Waals surface area (Å²) in [6.07, 6.45) is 9.54. The molecule has 2 aliphatic heterocycles. The van der Waals surface area contributed by atoms with Crippen LogP contribution in [0.15, 0.2) is 48.9 Å². The lowest BCUT2D eigenvalue weighted by Gasteiger charge is -2.40. The molecule has 3 aromatic rings. The molecule has 5 heterocycles. The van der Waals surface area contributed by atoms with Crippen LogP contribution in [0, 0.1) is 0 Å². The Morgan fingerprint density at radius 3 is 2.25 bits per heavy atom. The van der Waals surface area contributed by atoms with Crippen LogP contribution in [0.1, 0.15) is 32.1 Å². The highest BCUT2D eigenvalue weighted by molar-refractivity contribution is 6.00. The van der Waals surface area contributed by atoms with Crippen LogP contribution in [0.25, 0.3) is 16.7 Å². The fourth-order valence-electron chi connectivity index (χ4n) is 5.43. The second-order valence-electron chi connectivity index (χ2n) is 9.95. The largest absolute Gasteiger partial charge is 0.473 e. The van der Waals surface area contributed by atoms with E-state index in [0.29, 0.717) is 12.6 Å². The minimum absolute atomic E-state index is 0.0198. The van der Waals surface area contributed by atoms with Crippen molar-refractivity contribution in [1.82, 2.24) is 19.4 Å². The number of rotatable bonds is 5. The van der Waals surface area contributed by atoms with Gasteiger partial charge >= 0.3 is 23.2 Å². The zero-order valence-corrected chi connectivity index (χ0v) is 21.7. The molecule has 6 rings (SSSR count). The maximum Gasteiger partial charge on any atom is 0.336 e. The second-order valence-corrected chi connectivity index (χ2v) is 9.95. The van der Waals surface area contributed by atoms with Gasteiger partial charge in [-0.2, -0.15) is 0 Å². The molecule has 3 aromatic heterocycles. The first kappa shape index (κ1) is 26.0. The van der Waals surface area contributed by atoms with Crippen molar-refractivity contribution in [2.45, 2.75) is 38.1 Å². The number of aromatic nitrogens is 2. The lowest BCUT2D eigenvalue weighted by molar-refractivity contribution is -0.133. The van der Waals surface area contributed by atoms with E-state index in [1.807, 2.05) is 0 Å². The molecule has 3 aliphatic rings. The van der Waals surface area contributed by atoms with Crippen molar-refractivity contribution in [2.24, 2.45) is 0 Å². The van der Waals surface area contributed by atoms with Gasteiger partial charge in [0.25, 0.3) is 5.88 Å². The summed E-state index contributed by atoms with van der Waals surface area (Å²) in [6, 6.07) is 2.45. The number of nitrogens with zero attached hydrogens (tertiary/aromatic N) is 4. The van der Waals surface area contributed by atoms with E-state index in [0.717, 1.165) is 50.5 Å². The standard InChI is InChI=1S/C27H28N4O9/c32-19-6-7-20(33)38-24-18(37-19)16-31-23-25(24)39-21(34)8-9-22(35)40-26(23)27(28-31)36-15-14-29-10-12-30(13-11-29)17-4-2-1-3-5-17/h6-9,16-17H,1-5,10-15H2/b7-6-,9-8?. The number of esters is 2. The molecule has 0 bridgehead atoms. The molecule has 0 atom stereocenters. The first-order valence-corrected chi connectivity index (χ1v) is 13.4. The lowest BCUT2D eigenvalue weighted by Crippen LogP contribution is -2.51. The zero-order valence-electron chi connectivity index (χ0n) is 21.7. The lowest BCUT2D eigenvalue weighted by atomic mass is 9.94. The quantitative estimate of drug-likeness (QED) is 0.424. The van der Waals surface area contributed by atoms with E-state index < -0.39 is 23.2 Å². The van der Waals surface area contributed by atoms with Gasteiger partial charge in [-0.05, 0) is 12.8 Å². The highest BCUT2D eigenvalue weighted by Crippen LogP contribution is 2.39. The van der Waals surface area contributed by atoms with Gasteiger partial charge < -0.3 is 23.0 Å². The van der Waals surface area contributed by atoms with Crippen LogP contribution in [-0.4, -0.2) is 76.7 Å². The first-order chi connectivity index (χ1) is 19.4. The Morgan fingerprint density at radius 2 is 1.52 bits per heavy atom. The van der Waals surface area contributed by atoms with Gasteiger partial charge in [-0.15, -0.1) is 5.10 Å². The van der Waals surface area contributed by atoms with Crippen LogP contribution >= 0.6 is 0 Å². The van der Waals surface area contributed by atoms with Crippen molar-refractivity contribution in [3.8, 4) is 17.4 Å². The maximum absolute atomic E-state index is 12.4. The van der Waals surface area contributed by atoms with Gasteiger partial charge in [0.1, 0.15) is 6.61 Å². The molecule has 1 saturated heterocycles. The predicted octanol–water partition coefficient (Wildman–Crippen LogP) is 1.67. The summed E-state index contributed by atoms with van der Waals surface area (Å²) in [5, 5.41) is 4.35. The molecule has 0 amide bonds. The van der Waals surface area contributed by atoms with Gasteiger partial charge in [0, 0.05) is 63.1 Å². The molecule has 0 spiro atoms. The number of fused-ring (bicyclic) bond motifs is 2. The van der Waals surface area contributed by atoms with Crippen LogP contribution in [0.2, 0.25) is 0 Å². The van der Waals surface area contributed by atoms with E-state index in [9.17, 15) is 19.2 Å². The molecule has 2 fully saturated rings. The summed E-state index contributed by atoms with van der Waals surface area (Å²) in [5.41, 5.74) is -2.29. The average Bonchev–Trinajstić information content (AvgIpc) is 3.31. The molecule has 1 saturated carbocycles. The highest BCUT2D eigenvalue weighted by atomic mass is 16.6. The molecular formula is C27H28N4O9. The Morgan fingerprint density at radius 1 is 0.850 bits per heavy atom. The summed E-state index contributed by atoms with van der Waals surface area (Å²) < 4.78 is 28.6. The molecule has 40 heavy (non-hydrogen) atoms. The van der Waals surface area contributed by atoms with E-state index in [1.165, 1.54) is 42.8 Å². The third-order valence-electron chi connectivity index (χ3n) is 7.40. The van der Waals surface area contributed by atoms with Crippen molar-refractivity contribution in [3.63, 3.8) is 0 Å². The smallest absolute Gasteiger partial charge is 0.336 e. The van der Waals surface area contributed by atoms with E-state index in [4.69, 9.17) is 23.0 Å². The second kappa shape index (κ2) is 11.1. The van der Waals surface area contributed by atoms with Crippen molar-refractivity contribution in [2.75, 3.05) is 39.3 Å². The number of carbonyl (C=O) groups excluding carboxylic acids is 2. The van der Waals surface area contributed by atoms with Crippen LogP contribution in [0.4, 0.5) is 0 Å². The Labute approximate surface area is 227 Å². The zero-order chi connectivity index (χ0) is 27.6. The number of hydrogen-bond acceptors (Lipinski definition) is 12. The Bertz CT molecular complexity index is 1620. The Hall–Kier alpha value is -4.23. The summed E-state index contributed by atoms with van der Waals surface area (Å²) >= 11 is 0. The normalized spacial score (nSPS) is 19.9. The molecule has 0 radical (unpaired) electrons. The molecule has 13 nitrogen and oxygen atoms in total. The van der Waals surface area contributed by atoms with Crippen molar-refractivity contribution in [1.29, 1.82) is 0 Å². The molecule has 1 aliphatic carbocycles. The van der Waals surface area contributed by atoms with E-state index in [-0.39, 0.29) is 40.7 Å². The molecular weight excluding hydrogens is 524 g/mol. The van der Waals surface area contributed by atoms with Crippen molar-refractivity contribution in [3.05, 3.63) is 51.3 Å². The number of ether oxygens (including phenoxy) is 3. The van der Waals surface area contributed by atoms with Gasteiger partial charge in [-0.25, -0.2) is 23.7 Å². The van der Waals surface area contributed by atoms with Gasteiger partial charge in [-0.3, -0.25) is 9.80 Å². The van der Waals surface area contributed by atoms with Crippen molar-refractivity contribution >= 4 is 28.6 Å². The monoisotopic (exact) mass is 552 g/mol. The van der Waals surface area contributed by atoms with Crippen LogP contribution in [-0.2, 0) is 9.59 Å². The third kappa shape index (κ3) is 5.42. The van der Waals surface area contributed by atoms with Gasteiger partial charge in [-0.1, -0.05) is 19.3 Å². The number of piperazine rings is 1. The van der Waals surface area contributed by atoms with Gasteiger partial charge in [0.2, 0.25) is 16.9 Å². The van der Waals surface area contributed by atoms with Crippen LogP contribution in [0.3, 0.4) is 0 Å². The fraction of sp³-hybridized carbons (Fsp3) is 0.444. The summed E-state index contributed by atoms with van der Waals surface area (Å²) in [7, 11) is 0. The molecule has 0 N–H and O–H groups in total. The number of pyridine rings is 1. The summed E-state index contributed by atoms with van der Waals surface area (Å²) in [6.45, 7) is 4.75. The highest BCUT2D eigenvalue weighted by Gasteiger charge is 2.28. The molecule has 0 unspecified atom stereocenters. The number of carbonyl (C=O) groups is 2. The number of hydrogen-bond donors (Lipinski definition) is 0. The fourth-order valence-corrected chi connectivity index (χ4v) is 5.43. The van der Waals surface area contributed by atoms with E-state index in [1.54, 1.807) is 0 Å². The van der Waals surface area contributed by atoms with Crippen molar-refractivity contribution < 1.29 is 32.6 Å². The Kier molecular flexibility index (Phi) is 7.22. The van der Waals surface area contributed by atoms with Gasteiger partial charge in [0.15, 0.2) is 11.3 Å². The average molecular weight is 553 g/mol. The SMILES string of the molecule is O=C1/C=C\C(=O)Oc2c(cn3nc(OCCN4CCN(C5CCCCC5)CC4)c4oc(=O)ccc(=O)oc2c43)O1. The van der Waals surface area contributed by atoms with Crippen LogP contribution in [0.5, 0.6) is 17.4 Å². The molecule has 13 heteroatoms. The predicted molar refractivity (Wildman–Crippen MR) is 139 cm³/mol. The molecule has 210 valence electrons. The van der Waals surface area contributed by atoms with Gasteiger partial charge in [0.05, 0.1) is 6.20 Å². The van der Waals surface area contributed by atoms with E-state index >= 15 is 0 Å².